The van der Waals surface area contributed by atoms with Gasteiger partial charge in [0.05, 0.1) is 6.61 Å². The number of rotatable bonds is 7. The zero-order chi connectivity index (χ0) is 13.1. The molecule has 2 aliphatic carbocycles. The Morgan fingerprint density at radius 2 is 2.11 bits per heavy atom. The Kier molecular flexibility index (Phi) is 5.05. The molecule has 2 fully saturated rings. The van der Waals surface area contributed by atoms with Gasteiger partial charge in [0.25, 0.3) is 0 Å². The summed E-state index contributed by atoms with van der Waals surface area (Å²) in [6, 6.07) is 0.257. The molecule has 2 bridgehead atoms. The molecule has 18 heavy (non-hydrogen) atoms. The molecule has 3 heteroatoms. The lowest BCUT2D eigenvalue weighted by molar-refractivity contribution is 0.0983. The lowest BCUT2D eigenvalue weighted by Crippen LogP contribution is -2.50. The second-order valence-corrected chi connectivity index (χ2v) is 6.58. The Balaban J connectivity index is 1.83. The molecule has 0 aromatic heterocycles. The number of aliphatic hydroxyl groups excluding tert-OH is 1. The highest BCUT2D eigenvalue weighted by atomic mass is 16.3. The maximum Gasteiger partial charge on any atom is 0.0601 e. The summed E-state index contributed by atoms with van der Waals surface area (Å²) in [5.74, 6) is 2.82. The minimum absolute atomic E-state index is 0.114. The number of fused-ring (bicyclic) bond motifs is 2. The van der Waals surface area contributed by atoms with Crippen LogP contribution in [0, 0.1) is 17.8 Å². The van der Waals surface area contributed by atoms with Crippen LogP contribution in [0.25, 0.3) is 0 Å². The molecule has 0 aromatic rings. The molecule has 0 heterocycles. The predicted molar refractivity (Wildman–Crippen MR) is 75.3 cm³/mol. The van der Waals surface area contributed by atoms with Gasteiger partial charge in [-0.1, -0.05) is 19.8 Å². The molecule has 2 aliphatic rings. The number of hydrogen-bond donors (Lipinski definition) is 2. The molecule has 2 rings (SSSR count). The van der Waals surface area contributed by atoms with Gasteiger partial charge in [-0.2, -0.15) is 0 Å². The van der Waals surface area contributed by atoms with Crippen molar-refractivity contribution in [3.8, 4) is 0 Å². The van der Waals surface area contributed by atoms with Crippen molar-refractivity contribution in [1.82, 2.24) is 4.90 Å². The lowest BCUT2D eigenvalue weighted by Gasteiger charge is -2.35. The van der Waals surface area contributed by atoms with Crippen LogP contribution in [0.1, 0.15) is 45.4 Å². The second-order valence-electron chi connectivity index (χ2n) is 6.58. The number of nitrogens with zero attached hydrogens (tertiary/aromatic N) is 1. The zero-order valence-electron chi connectivity index (χ0n) is 12.0. The van der Waals surface area contributed by atoms with Crippen molar-refractivity contribution in [3.63, 3.8) is 0 Å². The monoisotopic (exact) mass is 254 g/mol. The first kappa shape index (κ1) is 14.3. The van der Waals surface area contributed by atoms with E-state index in [9.17, 15) is 5.11 Å². The van der Waals surface area contributed by atoms with Crippen molar-refractivity contribution in [2.24, 2.45) is 23.5 Å². The van der Waals surface area contributed by atoms with Gasteiger partial charge in [-0.05, 0) is 50.5 Å². The summed E-state index contributed by atoms with van der Waals surface area (Å²) < 4.78 is 0. The first-order valence-corrected chi connectivity index (χ1v) is 7.72. The smallest absolute Gasteiger partial charge is 0.0601 e. The third kappa shape index (κ3) is 3.06. The Labute approximate surface area is 112 Å². The van der Waals surface area contributed by atoms with Gasteiger partial charge in [-0.15, -0.1) is 0 Å². The molecule has 0 amide bonds. The van der Waals surface area contributed by atoms with E-state index in [1.165, 1.54) is 25.7 Å². The van der Waals surface area contributed by atoms with E-state index in [1.807, 2.05) is 0 Å². The van der Waals surface area contributed by atoms with Crippen LogP contribution in [0.4, 0.5) is 0 Å². The normalized spacial score (nSPS) is 34.2. The molecule has 0 radical (unpaired) electrons. The summed E-state index contributed by atoms with van der Waals surface area (Å²) in [5, 5.41) is 9.58. The topological polar surface area (TPSA) is 49.5 Å². The average molecular weight is 254 g/mol. The quantitative estimate of drug-likeness (QED) is 0.729. The van der Waals surface area contributed by atoms with Gasteiger partial charge in [-0.25, -0.2) is 0 Å². The van der Waals surface area contributed by atoms with Crippen LogP contribution in [-0.4, -0.2) is 42.3 Å². The van der Waals surface area contributed by atoms with E-state index in [1.54, 1.807) is 0 Å². The first-order valence-electron chi connectivity index (χ1n) is 7.72. The van der Waals surface area contributed by atoms with E-state index in [0.717, 1.165) is 37.1 Å². The molecular weight excluding hydrogens is 224 g/mol. The van der Waals surface area contributed by atoms with Gasteiger partial charge in [0.15, 0.2) is 0 Å². The summed E-state index contributed by atoms with van der Waals surface area (Å²) in [6.07, 6.45) is 7.88. The van der Waals surface area contributed by atoms with E-state index < -0.39 is 0 Å². The van der Waals surface area contributed by atoms with Crippen LogP contribution in [0.2, 0.25) is 0 Å². The molecule has 0 aromatic carbocycles. The molecule has 0 saturated heterocycles. The van der Waals surface area contributed by atoms with E-state index >= 15 is 0 Å². The minimum Gasteiger partial charge on any atom is -0.395 e. The SMILES string of the molecule is CCCC(N)C(CO)N(C)CC1CC2CCC1C2. The molecule has 106 valence electrons. The highest BCUT2D eigenvalue weighted by Gasteiger charge is 2.40. The number of aliphatic hydroxyl groups is 1. The van der Waals surface area contributed by atoms with Gasteiger partial charge in [0.2, 0.25) is 0 Å². The maximum absolute atomic E-state index is 9.58. The molecule has 0 aliphatic heterocycles. The van der Waals surface area contributed by atoms with E-state index in [0.29, 0.717) is 0 Å². The highest BCUT2D eigenvalue weighted by Crippen LogP contribution is 2.48. The van der Waals surface area contributed by atoms with Crippen LogP contribution >= 0.6 is 0 Å². The number of nitrogens with two attached hydrogens (primary N) is 1. The Bertz CT molecular complexity index is 259. The van der Waals surface area contributed by atoms with Crippen molar-refractivity contribution in [3.05, 3.63) is 0 Å². The third-order valence-electron chi connectivity index (χ3n) is 5.28. The summed E-state index contributed by atoms with van der Waals surface area (Å²) in [5.41, 5.74) is 6.19. The summed E-state index contributed by atoms with van der Waals surface area (Å²) in [7, 11) is 2.14. The predicted octanol–water partition coefficient (Wildman–Crippen LogP) is 1.84. The lowest BCUT2D eigenvalue weighted by atomic mass is 9.88. The molecule has 3 nitrogen and oxygen atoms in total. The summed E-state index contributed by atoms with van der Waals surface area (Å²) in [6.45, 7) is 3.48. The number of hydrogen-bond acceptors (Lipinski definition) is 3. The van der Waals surface area contributed by atoms with Crippen LogP contribution < -0.4 is 5.73 Å². The van der Waals surface area contributed by atoms with Gasteiger partial charge >= 0.3 is 0 Å². The summed E-state index contributed by atoms with van der Waals surface area (Å²) >= 11 is 0. The zero-order valence-corrected chi connectivity index (χ0v) is 12.0. The molecule has 0 spiro atoms. The standard InChI is InChI=1S/C15H30N2O/c1-3-4-14(16)15(10-18)17(2)9-13-8-11-5-6-12(13)7-11/h11-15,18H,3-10,16H2,1-2H3. The van der Waals surface area contributed by atoms with Crippen molar-refractivity contribution >= 4 is 0 Å². The van der Waals surface area contributed by atoms with Crippen molar-refractivity contribution < 1.29 is 5.11 Å². The number of likely N-dealkylation sites (N-methyl/N-ethyl adjacent to an activating group) is 1. The van der Waals surface area contributed by atoms with Gasteiger partial charge in [0, 0.05) is 18.6 Å². The van der Waals surface area contributed by atoms with E-state index in [2.05, 4.69) is 18.9 Å². The van der Waals surface area contributed by atoms with Gasteiger partial charge in [0.1, 0.15) is 0 Å². The fourth-order valence-electron chi connectivity index (χ4n) is 4.23. The maximum atomic E-state index is 9.58. The Morgan fingerprint density at radius 3 is 2.61 bits per heavy atom. The fourth-order valence-corrected chi connectivity index (χ4v) is 4.23. The van der Waals surface area contributed by atoms with E-state index in [4.69, 9.17) is 5.73 Å². The van der Waals surface area contributed by atoms with Crippen molar-refractivity contribution in [2.45, 2.75) is 57.5 Å². The van der Waals surface area contributed by atoms with E-state index in [-0.39, 0.29) is 18.7 Å². The van der Waals surface area contributed by atoms with Crippen molar-refractivity contribution in [2.75, 3.05) is 20.2 Å². The third-order valence-corrected chi connectivity index (χ3v) is 5.28. The molecule has 2 saturated carbocycles. The largest absolute Gasteiger partial charge is 0.395 e. The average Bonchev–Trinajstić information content (AvgIpc) is 2.92. The molecule has 5 atom stereocenters. The molecule has 3 N–H and O–H groups in total. The van der Waals surface area contributed by atoms with Crippen LogP contribution in [0.5, 0.6) is 0 Å². The Morgan fingerprint density at radius 1 is 1.33 bits per heavy atom. The van der Waals surface area contributed by atoms with Crippen LogP contribution in [-0.2, 0) is 0 Å². The minimum atomic E-state index is 0.114. The summed E-state index contributed by atoms with van der Waals surface area (Å²) in [4.78, 5) is 2.33. The fraction of sp³-hybridized carbons (Fsp3) is 1.00. The van der Waals surface area contributed by atoms with Crippen LogP contribution in [0.15, 0.2) is 0 Å². The second kappa shape index (κ2) is 6.36. The molecule has 5 unspecified atom stereocenters. The van der Waals surface area contributed by atoms with Crippen molar-refractivity contribution in [1.29, 1.82) is 0 Å². The van der Waals surface area contributed by atoms with Gasteiger partial charge in [-0.3, -0.25) is 4.90 Å². The molecular formula is C15H30N2O. The van der Waals surface area contributed by atoms with Crippen LogP contribution in [0.3, 0.4) is 0 Å². The Hall–Kier alpha value is -0.120. The van der Waals surface area contributed by atoms with Gasteiger partial charge < -0.3 is 10.8 Å². The highest BCUT2D eigenvalue weighted by molar-refractivity contribution is 4.92. The first-order chi connectivity index (χ1) is 8.65.